The van der Waals surface area contributed by atoms with Gasteiger partial charge in [0.05, 0.1) is 7.11 Å². The van der Waals surface area contributed by atoms with Crippen LogP contribution in [0.15, 0.2) is 41.2 Å². The lowest BCUT2D eigenvalue weighted by Crippen LogP contribution is -2.51. The van der Waals surface area contributed by atoms with Crippen LogP contribution in [-0.4, -0.2) is 35.6 Å². The molecule has 1 aromatic carbocycles. The summed E-state index contributed by atoms with van der Waals surface area (Å²) in [7, 11) is 1.67. The lowest BCUT2D eigenvalue weighted by molar-refractivity contribution is -0.139. The molecule has 3 heterocycles. The highest BCUT2D eigenvalue weighted by Crippen LogP contribution is 2.41. The summed E-state index contributed by atoms with van der Waals surface area (Å²) in [5.74, 6) is 1.96. The van der Waals surface area contributed by atoms with Gasteiger partial charge in [-0.3, -0.25) is 9.59 Å². The Morgan fingerprint density at radius 3 is 2.47 bits per heavy atom. The molecule has 2 fully saturated rings. The van der Waals surface area contributed by atoms with Gasteiger partial charge in [-0.15, -0.1) is 0 Å². The van der Waals surface area contributed by atoms with E-state index in [-0.39, 0.29) is 17.4 Å². The first-order valence-corrected chi connectivity index (χ1v) is 11.3. The van der Waals surface area contributed by atoms with Crippen molar-refractivity contribution in [2.45, 2.75) is 51.0 Å². The van der Waals surface area contributed by atoms with Crippen molar-refractivity contribution in [2.75, 3.05) is 20.2 Å². The van der Waals surface area contributed by atoms with E-state index in [0.717, 1.165) is 54.9 Å². The van der Waals surface area contributed by atoms with Gasteiger partial charge in [0.25, 0.3) is 5.56 Å². The fraction of sp³-hybridized carbons (Fsp3) is 0.520. The maximum absolute atomic E-state index is 13.2. The molecule has 0 spiro atoms. The number of pyridine rings is 1. The number of ether oxygens (including phenoxy) is 1. The number of hydrogen-bond donors (Lipinski definition) is 0. The monoisotopic (exact) mass is 406 g/mol. The molecule has 0 unspecified atom stereocenters. The maximum Gasteiger partial charge on any atom is 0.250 e. The molecule has 2 aromatic rings. The zero-order chi connectivity index (χ0) is 20.7. The molecule has 2 bridgehead atoms. The molecular weight excluding hydrogens is 376 g/mol. The van der Waals surface area contributed by atoms with Crippen molar-refractivity contribution >= 4 is 5.91 Å². The number of aromatic nitrogens is 1. The molecule has 2 atom stereocenters. The van der Waals surface area contributed by atoms with Gasteiger partial charge < -0.3 is 14.2 Å². The van der Waals surface area contributed by atoms with E-state index >= 15 is 0 Å². The maximum atomic E-state index is 13.2. The Balaban J connectivity index is 1.48. The Morgan fingerprint density at radius 2 is 1.73 bits per heavy atom. The Labute approximate surface area is 177 Å². The summed E-state index contributed by atoms with van der Waals surface area (Å²) in [6.45, 7) is 2.24. The van der Waals surface area contributed by atoms with Gasteiger partial charge in [0.1, 0.15) is 5.75 Å². The molecule has 5 nitrogen and oxygen atoms in total. The number of likely N-dealkylation sites (tertiary alicyclic amines) is 1. The Kier molecular flexibility index (Phi) is 5.13. The number of piperidine rings is 1. The predicted molar refractivity (Wildman–Crippen MR) is 117 cm³/mol. The summed E-state index contributed by atoms with van der Waals surface area (Å²) in [4.78, 5) is 28.1. The van der Waals surface area contributed by atoms with Gasteiger partial charge in [-0.25, -0.2) is 0 Å². The van der Waals surface area contributed by atoms with Crippen LogP contribution in [0.25, 0.3) is 11.1 Å². The molecule has 30 heavy (non-hydrogen) atoms. The minimum absolute atomic E-state index is 0.0732. The molecule has 2 aliphatic heterocycles. The molecule has 0 radical (unpaired) electrons. The minimum atomic E-state index is 0.0732. The van der Waals surface area contributed by atoms with E-state index in [0.29, 0.717) is 18.4 Å². The van der Waals surface area contributed by atoms with Gasteiger partial charge in [-0.1, -0.05) is 31.4 Å². The average Bonchev–Trinajstić information content (AvgIpc) is 2.80. The van der Waals surface area contributed by atoms with Crippen LogP contribution < -0.4 is 10.3 Å². The van der Waals surface area contributed by atoms with E-state index in [2.05, 4.69) is 17.0 Å². The molecule has 1 aromatic heterocycles. The third kappa shape index (κ3) is 3.44. The zero-order valence-electron chi connectivity index (χ0n) is 17.7. The molecular formula is C25H30N2O3. The van der Waals surface area contributed by atoms with E-state index in [1.807, 2.05) is 22.8 Å². The fourth-order valence-electron chi connectivity index (χ4n) is 5.82. The van der Waals surface area contributed by atoms with Crippen molar-refractivity contribution in [2.24, 2.45) is 11.8 Å². The van der Waals surface area contributed by atoms with Crippen LogP contribution >= 0.6 is 0 Å². The van der Waals surface area contributed by atoms with Crippen molar-refractivity contribution in [1.29, 1.82) is 0 Å². The summed E-state index contributed by atoms with van der Waals surface area (Å²) < 4.78 is 7.27. The van der Waals surface area contributed by atoms with Crippen molar-refractivity contribution in [3.8, 4) is 16.9 Å². The van der Waals surface area contributed by atoms with Crippen LogP contribution in [-0.2, 0) is 11.3 Å². The number of carbonyl (C=O) groups excluding carboxylic acids is 1. The first-order valence-electron chi connectivity index (χ1n) is 11.3. The number of fused-ring (bicyclic) bond motifs is 4. The second kappa shape index (κ2) is 7.93. The van der Waals surface area contributed by atoms with Crippen molar-refractivity contribution in [1.82, 2.24) is 9.47 Å². The Bertz CT molecular complexity index is 988. The second-order valence-corrected chi connectivity index (χ2v) is 9.19. The number of carbonyl (C=O) groups is 1. The highest BCUT2D eigenvalue weighted by atomic mass is 16.5. The first kappa shape index (κ1) is 19.4. The second-order valence-electron chi connectivity index (χ2n) is 9.19. The van der Waals surface area contributed by atoms with Crippen LogP contribution in [0.4, 0.5) is 0 Å². The van der Waals surface area contributed by atoms with Gasteiger partial charge in [-0.2, -0.15) is 0 Å². The number of methoxy groups -OCH3 is 1. The van der Waals surface area contributed by atoms with Gasteiger partial charge in [0.2, 0.25) is 5.91 Å². The average molecular weight is 407 g/mol. The van der Waals surface area contributed by atoms with Crippen LogP contribution in [0, 0.1) is 11.8 Å². The van der Waals surface area contributed by atoms with Gasteiger partial charge in [-0.05, 0) is 48.9 Å². The van der Waals surface area contributed by atoms with Gasteiger partial charge in [0.15, 0.2) is 0 Å². The van der Waals surface area contributed by atoms with E-state index in [1.165, 1.54) is 19.3 Å². The smallest absolute Gasteiger partial charge is 0.250 e. The van der Waals surface area contributed by atoms with Crippen LogP contribution in [0.2, 0.25) is 0 Å². The SMILES string of the molecule is COc1ccc(-c2ccc(=O)n3c2[C@@H]2C[C@@H](CN(C(=O)C4CCCCC4)C2)C3)cc1. The standard InChI is InChI=1S/C25H30N2O3/c1-30-21-9-7-18(8-10-21)22-11-12-23(28)27-15-17-13-20(24(22)27)16-26(14-17)25(29)19-5-3-2-4-6-19/h7-12,17,19-20H,2-6,13-16H2,1H3/t17-,20+/m0/s1. The third-order valence-electron chi connectivity index (χ3n) is 7.26. The highest BCUT2D eigenvalue weighted by molar-refractivity contribution is 5.79. The van der Waals surface area contributed by atoms with E-state index in [1.54, 1.807) is 13.2 Å². The lowest BCUT2D eigenvalue weighted by atomic mass is 9.79. The third-order valence-corrected chi connectivity index (χ3v) is 7.26. The molecule has 1 amide bonds. The fourth-order valence-corrected chi connectivity index (χ4v) is 5.82. The molecule has 1 aliphatic carbocycles. The Hall–Kier alpha value is -2.56. The first-order chi connectivity index (χ1) is 14.6. The summed E-state index contributed by atoms with van der Waals surface area (Å²) in [6.07, 6.45) is 6.75. The highest BCUT2D eigenvalue weighted by Gasteiger charge is 2.39. The predicted octanol–water partition coefficient (Wildman–Crippen LogP) is 4.05. The van der Waals surface area contributed by atoms with Gasteiger partial charge >= 0.3 is 0 Å². The number of benzene rings is 1. The van der Waals surface area contributed by atoms with Crippen molar-refractivity contribution in [3.05, 3.63) is 52.4 Å². The largest absolute Gasteiger partial charge is 0.497 e. The number of nitrogens with zero attached hydrogens (tertiary/aromatic N) is 2. The summed E-state index contributed by atoms with van der Waals surface area (Å²) in [5.41, 5.74) is 3.37. The van der Waals surface area contributed by atoms with E-state index < -0.39 is 0 Å². The zero-order valence-corrected chi connectivity index (χ0v) is 17.7. The van der Waals surface area contributed by atoms with Crippen LogP contribution in [0.1, 0.15) is 50.1 Å². The molecule has 5 rings (SSSR count). The van der Waals surface area contributed by atoms with Crippen molar-refractivity contribution in [3.63, 3.8) is 0 Å². The Morgan fingerprint density at radius 1 is 0.967 bits per heavy atom. The van der Waals surface area contributed by atoms with Crippen LogP contribution in [0.5, 0.6) is 5.75 Å². The molecule has 158 valence electrons. The van der Waals surface area contributed by atoms with E-state index in [9.17, 15) is 9.59 Å². The summed E-state index contributed by atoms with van der Waals surface area (Å²) in [6, 6.07) is 11.7. The number of amides is 1. The molecule has 5 heteroatoms. The quantitative estimate of drug-likeness (QED) is 0.773. The normalized spacial score (nSPS) is 23.7. The molecule has 0 N–H and O–H groups in total. The summed E-state index contributed by atoms with van der Waals surface area (Å²) in [5, 5.41) is 0. The summed E-state index contributed by atoms with van der Waals surface area (Å²) >= 11 is 0. The topological polar surface area (TPSA) is 51.5 Å². The van der Waals surface area contributed by atoms with Gasteiger partial charge in [0, 0.05) is 48.8 Å². The van der Waals surface area contributed by atoms with Crippen LogP contribution in [0.3, 0.4) is 0 Å². The van der Waals surface area contributed by atoms with E-state index in [4.69, 9.17) is 4.74 Å². The number of hydrogen-bond acceptors (Lipinski definition) is 3. The minimum Gasteiger partial charge on any atom is -0.497 e. The molecule has 3 aliphatic rings. The molecule has 1 saturated carbocycles. The van der Waals surface area contributed by atoms with Crippen molar-refractivity contribution < 1.29 is 9.53 Å². The number of rotatable bonds is 3. The molecule has 1 saturated heterocycles. The lowest BCUT2D eigenvalue weighted by Gasteiger charge is -2.44.